The van der Waals surface area contributed by atoms with Gasteiger partial charge in [-0.05, 0) is 30.0 Å². The molecule has 0 fully saturated rings. The van der Waals surface area contributed by atoms with Crippen LogP contribution in [-0.2, 0) is 12.8 Å². The van der Waals surface area contributed by atoms with E-state index in [1.807, 2.05) is 42.5 Å². The number of ether oxygens (including phenoxy) is 2. The van der Waals surface area contributed by atoms with E-state index in [0.717, 1.165) is 47.3 Å². The molecule has 2 rings (SSSR count). The Balaban J connectivity index is 2.16. The van der Waals surface area contributed by atoms with Crippen LogP contribution >= 0.6 is 0 Å². The number of aryl methyl sites for hydroxylation is 2. The standard InChI is InChI=1S/C17H18O3/c1-19-16-10-9-14(17(11-16)20-2)8-7-13-5-3-4-6-15(13)12-18/h3-6,9-12H,7-8H2,1-2H3. The minimum absolute atomic E-state index is 0.750. The van der Waals surface area contributed by atoms with Gasteiger partial charge in [-0.1, -0.05) is 30.3 Å². The molecule has 0 saturated carbocycles. The summed E-state index contributed by atoms with van der Waals surface area (Å²) in [6.45, 7) is 0. The molecule has 0 unspecified atom stereocenters. The highest BCUT2D eigenvalue weighted by atomic mass is 16.5. The number of aldehydes is 1. The average molecular weight is 270 g/mol. The van der Waals surface area contributed by atoms with E-state index >= 15 is 0 Å². The van der Waals surface area contributed by atoms with Crippen molar-refractivity contribution in [2.45, 2.75) is 12.8 Å². The van der Waals surface area contributed by atoms with Crippen molar-refractivity contribution < 1.29 is 14.3 Å². The summed E-state index contributed by atoms with van der Waals surface area (Å²) in [5, 5.41) is 0. The first-order chi connectivity index (χ1) is 9.78. The van der Waals surface area contributed by atoms with Crippen LogP contribution in [0, 0.1) is 0 Å². The fraction of sp³-hybridized carbons (Fsp3) is 0.235. The van der Waals surface area contributed by atoms with Crippen LogP contribution in [0.4, 0.5) is 0 Å². The molecule has 20 heavy (non-hydrogen) atoms. The Morgan fingerprint density at radius 3 is 2.40 bits per heavy atom. The maximum Gasteiger partial charge on any atom is 0.150 e. The van der Waals surface area contributed by atoms with E-state index in [1.54, 1.807) is 14.2 Å². The second-order valence-electron chi connectivity index (χ2n) is 4.49. The second-order valence-corrected chi connectivity index (χ2v) is 4.49. The van der Waals surface area contributed by atoms with E-state index in [-0.39, 0.29) is 0 Å². The smallest absolute Gasteiger partial charge is 0.150 e. The highest BCUT2D eigenvalue weighted by molar-refractivity contribution is 5.77. The minimum Gasteiger partial charge on any atom is -0.497 e. The van der Waals surface area contributed by atoms with E-state index in [9.17, 15) is 4.79 Å². The summed E-state index contributed by atoms with van der Waals surface area (Å²) in [6, 6.07) is 13.5. The molecule has 3 nitrogen and oxygen atoms in total. The number of benzene rings is 2. The normalized spacial score (nSPS) is 10.1. The first kappa shape index (κ1) is 14.1. The Morgan fingerprint density at radius 2 is 1.70 bits per heavy atom. The van der Waals surface area contributed by atoms with Gasteiger partial charge in [0.25, 0.3) is 0 Å². The molecule has 0 spiro atoms. The molecular weight excluding hydrogens is 252 g/mol. The zero-order valence-corrected chi connectivity index (χ0v) is 11.8. The lowest BCUT2D eigenvalue weighted by Gasteiger charge is -2.11. The van der Waals surface area contributed by atoms with Gasteiger partial charge in [0.15, 0.2) is 0 Å². The van der Waals surface area contributed by atoms with Gasteiger partial charge in [0.05, 0.1) is 14.2 Å². The van der Waals surface area contributed by atoms with Gasteiger partial charge in [-0.25, -0.2) is 0 Å². The lowest BCUT2D eigenvalue weighted by atomic mass is 10.00. The Kier molecular flexibility index (Phi) is 4.77. The van der Waals surface area contributed by atoms with Crippen molar-refractivity contribution in [1.82, 2.24) is 0 Å². The van der Waals surface area contributed by atoms with Crippen LogP contribution in [0.5, 0.6) is 11.5 Å². The van der Waals surface area contributed by atoms with Crippen molar-refractivity contribution in [3.05, 3.63) is 59.2 Å². The third-order valence-corrected chi connectivity index (χ3v) is 3.34. The molecule has 0 bridgehead atoms. The third-order valence-electron chi connectivity index (χ3n) is 3.34. The predicted octanol–water partition coefficient (Wildman–Crippen LogP) is 3.30. The minimum atomic E-state index is 0.750. The second kappa shape index (κ2) is 6.75. The molecule has 0 aliphatic rings. The zero-order valence-electron chi connectivity index (χ0n) is 11.8. The highest BCUT2D eigenvalue weighted by Gasteiger charge is 2.07. The molecule has 0 aliphatic heterocycles. The molecule has 0 atom stereocenters. The van der Waals surface area contributed by atoms with Crippen LogP contribution in [0.25, 0.3) is 0 Å². The first-order valence-corrected chi connectivity index (χ1v) is 6.52. The molecule has 0 saturated heterocycles. The molecule has 3 heteroatoms. The topological polar surface area (TPSA) is 35.5 Å². The Hall–Kier alpha value is -2.29. The van der Waals surface area contributed by atoms with Gasteiger partial charge >= 0.3 is 0 Å². The lowest BCUT2D eigenvalue weighted by Crippen LogP contribution is -1.99. The summed E-state index contributed by atoms with van der Waals surface area (Å²) in [6.07, 6.45) is 2.52. The van der Waals surface area contributed by atoms with E-state index in [4.69, 9.17) is 9.47 Å². The molecule has 2 aromatic carbocycles. The Labute approximate surface area is 119 Å². The number of carbonyl (C=O) groups is 1. The molecule has 0 N–H and O–H groups in total. The van der Waals surface area contributed by atoms with Gasteiger partial charge < -0.3 is 9.47 Å². The van der Waals surface area contributed by atoms with Crippen molar-refractivity contribution in [2.24, 2.45) is 0 Å². The maximum atomic E-state index is 11.0. The van der Waals surface area contributed by atoms with Crippen LogP contribution in [0.3, 0.4) is 0 Å². The van der Waals surface area contributed by atoms with E-state index in [1.165, 1.54) is 0 Å². The molecule has 0 radical (unpaired) electrons. The molecule has 0 amide bonds. The van der Waals surface area contributed by atoms with E-state index in [2.05, 4.69) is 0 Å². The van der Waals surface area contributed by atoms with E-state index < -0.39 is 0 Å². The van der Waals surface area contributed by atoms with Gasteiger partial charge in [-0.3, -0.25) is 4.79 Å². The first-order valence-electron chi connectivity index (χ1n) is 6.52. The van der Waals surface area contributed by atoms with Gasteiger partial charge in [0, 0.05) is 11.6 Å². The maximum absolute atomic E-state index is 11.0. The van der Waals surface area contributed by atoms with E-state index in [0.29, 0.717) is 0 Å². The average Bonchev–Trinajstić information content (AvgIpc) is 2.52. The fourth-order valence-corrected chi connectivity index (χ4v) is 2.20. The Bertz CT molecular complexity index is 591. The molecule has 2 aromatic rings. The van der Waals surface area contributed by atoms with Crippen molar-refractivity contribution in [3.63, 3.8) is 0 Å². The van der Waals surface area contributed by atoms with Crippen LogP contribution in [0.2, 0.25) is 0 Å². The van der Waals surface area contributed by atoms with Crippen LogP contribution < -0.4 is 9.47 Å². The summed E-state index contributed by atoms with van der Waals surface area (Å²) in [7, 11) is 3.28. The lowest BCUT2D eigenvalue weighted by molar-refractivity contribution is 0.112. The monoisotopic (exact) mass is 270 g/mol. The highest BCUT2D eigenvalue weighted by Crippen LogP contribution is 2.26. The molecule has 0 aliphatic carbocycles. The van der Waals surface area contributed by atoms with Crippen molar-refractivity contribution in [3.8, 4) is 11.5 Å². The van der Waals surface area contributed by atoms with Crippen LogP contribution in [0.15, 0.2) is 42.5 Å². The van der Waals surface area contributed by atoms with Gasteiger partial charge in [0.2, 0.25) is 0 Å². The molecule has 104 valence electrons. The summed E-state index contributed by atoms with van der Waals surface area (Å²) < 4.78 is 10.6. The summed E-state index contributed by atoms with van der Waals surface area (Å²) in [5.41, 5.74) is 2.91. The summed E-state index contributed by atoms with van der Waals surface area (Å²) >= 11 is 0. The number of carbonyl (C=O) groups excluding carboxylic acids is 1. The largest absolute Gasteiger partial charge is 0.497 e. The fourth-order valence-electron chi connectivity index (χ4n) is 2.20. The number of hydrogen-bond donors (Lipinski definition) is 0. The number of hydrogen-bond acceptors (Lipinski definition) is 3. The molecular formula is C17H18O3. The predicted molar refractivity (Wildman–Crippen MR) is 78.8 cm³/mol. The van der Waals surface area contributed by atoms with Crippen molar-refractivity contribution >= 4 is 6.29 Å². The van der Waals surface area contributed by atoms with Gasteiger partial charge in [-0.2, -0.15) is 0 Å². The zero-order chi connectivity index (χ0) is 14.4. The number of rotatable bonds is 6. The number of methoxy groups -OCH3 is 2. The summed E-state index contributed by atoms with van der Waals surface area (Å²) in [5.74, 6) is 1.59. The summed E-state index contributed by atoms with van der Waals surface area (Å²) in [4.78, 5) is 11.0. The molecule has 0 aromatic heterocycles. The van der Waals surface area contributed by atoms with Crippen molar-refractivity contribution in [1.29, 1.82) is 0 Å². The van der Waals surface area contributed by atoms with Crippen LogP contribution in [-0.4, -0.2) is 20.5 Å². The Morgan fingerprint density at radius 1 is 0.950 bits per heavy atom. The SMILES string of the molecule is COc1ccc(CCc2ccccc2C=O)c(OC)c1. The molecule has 0 heterocycles. The quantitative estimate of drug-likeness (QED) is 0.755. The van der Waals surface area contributed by atoms with Crippen molar-refractivity contribution in [2.75, 3.05) is 14.2 Å². The van der Waals surface area contributed by atoms with Gasteiger partial charge in [-0.15, -0.1) is 0 Å². The van der Waals surface area contributed by atoms with Crippen LogP contribution in [0.1, 0.15) is 21.5 Å². The van der Waals surface area contributed by atoms with Gasteiger partial charge in [0.1, 0.15) is 17.8 Å². The third kappa shape index (κ3) is 3.18.